The van der Waals surface area contributed by atoms with Crippen molar-refractivity contribution in [3.63, 3.8) is 0 Å². The van der Waals surface area contributed by atoms with Crippen molar-refractivity contribution in [2.24, 2.45) is 11.8 Å². The number of allylic oxidation sites excluding steroid dienone is 1. The molecule has 4 heterocycles. The van der Waals surface area contributed by atoms with Gasteiger partial charge in [0.2, 0.25) is 17.7 Å². The largest absolute Gasteiger partial charge is 0.463 e. The molecule has 0 unspecified atom stereocenters. The van der Waals surface area contributed by atoms with E-state index in [4.69, 9.17) is 9.47 Å². The molecule has 4 aliphatic rings. The summed E-state index contributed by atoms with van der Waals surface area (Å²) in [6.07, 6.45) is 8.52. The number of nitrogens with one attached hydrogen (secondary N) is 1. The van der Waals surface area contributed by atoms with Crippen LogP contribution in [0.2, 0.25) is 0 Å². The Kier molecular flexibility index (Phi) is 9.37. The zero-order chi connectivity index (χ0) is 32.3. The highest BCUT2D eigenvalue weighted by atomic mass is 16.5. The summed E-state index contributed by atoms with van der Waals surface area (Å²) in [6, 6.07) is 15.8. The number of benzene rings is 2. The number of ether oxygens (including phenoxy) is 2. The van der Waals surface area contributed by atoms with E-state index in [0.29, 0.717) is 25.1 Å². The van der Waals surface area contributed by atoms with Crippen molar-refractivity contribution in [1.29, 1.82) is 0 Å². The minimum absolute atomic E-state index is 0.0690. The topological polar surface area (TPSA) is 125 Å². The Morgan fingerprint density at radius 1 is 1.00 bits per heavy atom. The first kappa shape index (κ1) is 31.7. The molecule has 3 amide bonds. The van der Waals surface area contributed by atoms with E-state index in [-0.39, 0.29) is 24.9 Å². The molecule has 0 saturated carbocycles. The molecule has 0 aliphatic carbocycles. The molecule has 4 aliphatic heterocycles. The van der Waals surface area contributed by atoms with E-state index in [1.54, 1.807) is 23.1 Å². The van der Waals surface area contributed by atoms with Crippen LogP contribution in [0.5, 0.6) is 0 Å². The lowest BCUT2D eigenvalue weighted by atomic mass is 9.77. The molecular formula is C36H41N3O7. The van der Waals surface area contributed by atoms with Gasteiger partial charge >= 0.3 is 5.97 Å². The van der Waals surface area contributed by atoms with Crippen LogP contribution >= 0.6 is 0 Å². The number of likely N-dealkylation sites (tertiary alicyclic amines) is 1. The predicted octanol–water partition coefficient (Wildman–Crippen LogP) is 3.25. The van der Waals surface area contributed by atoms with Crippen LogP contribution in [0.3, 0.4) is 0 Å². The van der Waals surface area contributed by atoms with Crippen molar-refractivity contribution in [3.05, 3.63) is 96.1 Å². The summed E-state index contributed by atoms with van der Waals surface area (Å²) in [4.78, 5) is 59.5. The lowest BCUT2D eigenvalue weighted by molar-refractivity contribution is -0.151. The van der Waals surface area contributed by atoms with E-state index in [0.717, 1.165) is 18.4 Å². The Bertz CT molecular complexity index is 1500. The lowest BCUT2D eigenvalue weighted by Crippen LogP contribution is -2.56. The average Bonchev–Trinajstić information content (AvgIpc) is 3.46. The number of carbonyl (C=O) groups is 4. The summed E-state index contributed by atoms with van der Waals surface area (Å²) in [6.45, 7) is 2.42. The number of carbonyl (C=O) groups excluding carboxylic acids is 4. The molecule has 242 valence electrons. The second kappa shape index (κ2) is 13.6. The second-order valence-corrected chi connectivity index (χ2v) is 12.4. The lowest BCUT2D eigenvalue weighted by Gasteiger charge is -2.38. The number of rotatable bonds is 7. The van der Waals surface area contributed by atoms with Crippen LogP contribution in [-0.4, -0.2) is 82.6 Å². The standard InChI is InChI=1S/C36H41N3O7/c1-2-3-20-38-21-12-19-36-31(34(43)39(32(36)35(38)44)27(22-40)25-15-8-5-9-16-25)30-28(46-36)17-10-11-18-29(41)45-23-26(37-33(30)42)24-13-6-4-7-14-24/h4-10,12-17,19,26-28,30-32,40H,2-3,11,18,20-23H2,1H3,(H,37,42)/b17-10-/t26-,27-,28+,30-,31-,32+,36-/m1/s1. The van der Waals surface area contributed by atoms with Crippen molar-refractivity contribution in [3.8, 4) is 0 Å². The molecule has 10 nitrogen and oxygen atoms in total. The Hall–Kier alpha value is -4.28. The molecule has 2 saturated heterocycles. The van der Waals surface area contributed by atoms with Crippen LogP contribution in [0, 0.1) is 11.8 Å². The van der Waals surface area contributed by atoms with Gasteiger partial charge in [-0.2, -0.15) is 0 Å². The number of unbranched alkanes of at least 4 members (excludes halogenated alkanes) is 1. The molecule has 7 atom stereocenters. The molecule has 2 aromatic carbocycles. The molecule has 2 fully saturated rings. The Balaban J connectivity index is 1.46. The monoisotopic (exact) mass is 627 g/mol. The number of cyclic esters (lactones) is 1. The van der Waals surface area contributed by atoms with Crippen LogP contribution < -0.4 is 5.32 Å². The Morgan fingerprint density at radius 2 is 1.74 bits per heavy atom. The molecule has 2 N–H and O–H groups in total. The van der Waals surface area contributed by atoms with Crippen LogP contribution in [0.25, 0.3) is 0 Å². The van der Waals surface area contributed by atoms with Gasteiger partial charge in [0.05, 0.1) is 36.6 Å². The maximum Gasteiger partial charge on any atom is 0.306 e. The fraction of sp³-hybridized carbons (Fsp3) is 0.444. The molecule has 0 radical (unpaired) electrons. The molecule has 10 heteroatoms. The second-order valence-electron chi connectivity index (χ2n) is 12.4. The van der Waals surface area contributed by atoms with Gasteiger partial charge in [-0.15, -0.1) is 0 Å². The van der Waals surface area contributed by atoms with E-state index >= 15 is 0 Å². The maximum atomic E-state index is 14.8. The minimum atomic E-state index is -1.46. The van der Waals surface area contributed by atoms with Gasteiger partial charge in [0, 0.05) is 19.5 Å². The number of amides is 3. The number of aliphatic hydroxyl groups excluding tert-OH is 1. The first-order chi connectivity index (χ1) is 22.4. The molecule has 2 aromatic rings. The minimum Gasteiger partial charge on any atom is -0.463 e. The van der Waals surface area contributed by atoms with Gasteiger partial charge in [-0.1, -0.05) is 98.3 Å². The van der Waals surface area contributed by atoms with Crippen molar-refractivity contribution >= 4 is 23.7 Å². The van der Waals surface area contributed by atoms with Gasteiger partial charge in [-0.05, 0) is 24.0 Å². The van der Waals surface area contributed by atoms with Gasteiger partial charge in [-0.25, -0.2) is 0 Å². The fourth-order valence-corrected chi connectivity index (χ4v) is 7.34. The number of hydrogen-bond donors (Lipinski definition) is 2. The van der Waals surface area contributed by atoms with E-state index in [9.17, 15) is 24.3 Å². The van der Waals surface area contributed by atoms with Crippen molar-refractivity contribution in [2.75, 3.05) is 26.3 Å². The summed E-state index contributed by atoms with van der Waals surface area (Å²) >= 11 is 0. The molecule has 0 aromatic heterocycles. The Labute approximate surface area is 269 Å². The van der Waals surface area contributed by atoms with Crippen molar-refractivity contribution in [1.82, 2.24) is 15.1 Å². The number of nitrogens with zero attached hydrogens (tertiary/aromatic N) is 2. The normalized spacial score (nSPS) is 31.0. The molecule has 1 spiro atoms. The highest BCUT2D eigenvalue weighted by Crippen LogP contribution is 2.54. The highest BCUT2D eigenvalue weighted by Gasteiger charge is 2.72. The van der Waals surface area contributed by atoms with Crippen molar-refractivity contribution < 1.29 is 33.8 Å². The number of aliphatic hydroxyl groups is 1. The van der Waals surface area contributed by atoms with Gasteiger partial charge in [0.15, 0.2) is 0 Å². The van der Waals surface area contributed by atoms with Crippen LogP contribution in [-0.2, 0) is 28.7 Å². The summed E-state index contributed by atoms with van der Waals surface area (Å²) < 4.78 is 12.4. The predicted molar refractivity (Wildman–Crippen MR) is 169 cm³/mol. The van der Waals surface area contributed by atoms with Gasteiger partial charge < -0.3 is 29.7 Å². The van der Waals surface area contributed by atoms with Crippen molar-refractivity contribution in [2.45, 2.75) is 62.4 Å². The third kappa shape index (κ3) is 5.76. The van der Waals surface area contributed by atoms with Crippen LogP contribution in [0.1, 0.15) is 55.8 Å². The third-order valence-electron chi connectivity index (χ3n) is 9.56. The molecule has 6 rings (SSSR count). The number of esters is 1. The fourth-order valence-electron chi connectivity index (χ4n) is 7.34. The van der Waals surface area contributed by atoms with E-state index in [1.165, 1.54) is 4.90 Å². The zero-order valence-corrected chi connectivity index (χ0v) is 26.0. The SMILES string of the molecule is CCCCN1CC=C[C@@]23O[C@H]4/C=C\CCC(=O)OC[C@H](c5ccccc5)NC(=O)[C@H]4[C@@H]2C(=O)N([C@H](CO)c2ccccc2)[C@H]3C1=O. The Morgan fingerprint density at radius 3 is 2.46 bits per heavy atom. The number of fused-ring (bicyclic) bond motifs is 2. The van der Waals surface area contributed by atoms with Gasteiger partial charge in [-0.3, -0.25) is 19.2 Å². The van der Waals surface area contributed by atoms with Gasteiger partial charge in [0.25, 0.3) is 0 Å². The molecular weight excluding hydrogens is 586 g/mol. The quantitative estimate of drug-likeness (QED) is 0.357. The average molecular weight is 628 g/mol. The van der Waals surface area contributed by atoms with Crippen LogP contribution in [0.4, 0.5) is 0 Å². The summed E-state index contributed by atoms with van der Waals surface area (Å²) in [5, 5.41) is 13.8. The van der Waals surface area contributed by atoms with Gasteiger partial charge in [0.1, 0.15) is 18.2 Å². The summed E-state index contributed by atoms with van der Waals surface area (Å²) in [5.74, 6) is -3.55. The van der Waals surface area contributed by atoms with Crippen LogP contribution in [0.15, 0.2) is 85.0 Å². The zero-order valence-electron chi connectivity index (χ0n) is 26.0. The third-order valence-corrected chi connectivity index (χ3v) is 9.56. The highest BCUT2D eigenvalue weighted by molar-refractivity contribution is 6.00. The van der Waals surface area contributed by atoms with E-state index in [1.807, 2.05) is 66.7 Å². The summed E-state index contributed by atoms with van der Waals surface area (Å²) in [5.41, 5.74) is -0.0253. The molecule has 0 bridgehead atoms. The summed E-state index contributed by atoms with van der Waals surface area (Å²) in [7, 11) is 0. The smallest absolute Gasteiger partial charge is 0.306 e. The maximum absolute atomic E-state index is 14.8. The molecule has 46 heavy (non-hydrogen) atoms. The van der Waals surface area contributed by atoms with E-state index in [2.05, 4.69) is 12.2 Å². The number of hydrogen-bond acceptors (Lipinski definition) is 7. The van der Waals surface area contributed by atoms with E-state index < -0.39 is 60.1 Å². The first-order valence-electron chi connectivity index (χ1n) is 16.2. The first-order valence-corrected chi connectivity index (χ1v) is 16.2.